The molecule has 0 aliphatic carbocycles. The minimum absolute atomic E-state index is 0.104. The lowest BCUT2D eigenvalue weighted by atomic mass is 10.1. The Hall–Kier alpha value is -4.45. The maximum atomic E-state index is 12.9. The van der Waals surface area contributed by atoms with Crippen LogP contribution in [0.5, 0.6) is 0 Å². The van der Waals surface area contributed by atoms with Crippen LogP contribution in [-0.4, -0.2) is 37.2 Å². The number of unbranched alkanes of at least 4 members (excludes halogenated alkanes) is 22. The lowest BCUT2D eigenvalue weighted by Gasteiger charge is -2.18. The number of carbonyl (C=O) groups is 3. The van der Waals surface area contributed by atoms with Crippen molar-refractivity contribution in [3.63, 3.8) is 0 Å². The van der Waals surface area contributed by atoms with Crippen LogP contribution in [0.1, 0.15) is 271 Å². The summed E-state index contributed by atoms with van der Waals surface area (Å²) in [6, 6.07) is 0. The molecule has 0 aliphatic rings. The molecule has 0 N–H and O–H groups in total. The van der Waals surface area contributed by atoms with Crippen molar-refractivity contribution in [2.75, 3.05) is 13.2 Å². The van der Waals surface area contributed by atoms with Gasteiger partial charge in [-0.15, -0.1) is 0 Å². The van der Waals surface area contributed by atoms with Crippen LogP contribution >= 0.6 is 0 Å². The van der Waals surface area contributed by atoms with E-state index >= 15 is 0 Å². The van der Waals surface area contributed by atoms with Crippen molar-refractivity contribution in [3.8, 4) is 0 Å². The monoisotopic (exact) mass is 1050 g/mol. The Labute approximate surface area is 468 Å². The lowest BCUT2D eigenvalue weighted by Crippen LogP contribution is -2.30. The van der Waals surface area contributed by atoms with Gasteiger partial charge < -0.3 is 14.2 Å². The van der Waals surface area contributed by atoms with E-state index in [9.17, 15) is 14.4 Å². The lowest BCUT2D eigenvalue weighted by molar-refractivity contribution is -0.167. The number of hydrogen-bond acceptors (Lipinski definition) is 6. The van der Waals surface area contributed by atoms with Gasteiger partial charge in [-0.3, -0.25) is 14.4 Å². The zero-order chi connectivity index (χ0) is 55.0. The number of esters is 3. The van der Waals surface area contributed by atoms with E-state index < -0.39 is 6.10 Å². The van der Waals surface area contributed by atoms with Crippen molar-refractivity contribution in [2.45, 2.75) is 277 Å². The fraction of sp³-hybridized carbons (Fsp3) is 0.643. The van der Waals surface area contributed by atoms with Gasteiger partial charge >= 0.3 is 17.9 Å². The van der Waals surface area contributed by atoms with Gasteiger partial charge in [0.1, 0.15) is 13.2 Å². The van der Waals surface area contributed by atoms with Gasteiger partial charge in [0.05, 0.1) is 0 Å². The second-order valence-electron chi connectivity index (χ2n) is 20.2. The molecule has 0 radical (unpaired) electrons. The van der Waals surface area contributed by atoms with Crippen LogP contribution < -0.4 is 0 Å². The van der Waals surface area contributed by atoms with Gasteiger partial charge in [0.25, 0.3) is 0 Å². The van der Waals surface area contributed by atoms with E-state index in [0.717, 1.165) is 135 Å². The molecule has 430 valence electrons. The number of ether oxygens (including phenoxy) is 3. The van der Waals surface area contributed by atoms with Gasteiger partial charge in [-0.1, -0.05) is 251 Å². The third-order valence-electron chi connectivity index (χ3n) is 12.8. The molecule has 0 rings (SSSR count). The van der Waals surface area contributed by atoms with Crippen molar-refractivity contribution in [2.24, 2.45) is 0 Å². The van der Waals surface area contributed by atoms with Gasteiger partial charge in [0.2, 0.25) is 0 Å². The normalized spacial score (nSPS) is 13.0. The second kappa shape index (κ2) is 63.1. The highest BCUT2D eigenvalue weighted by Gasteiger charge is 2.19. The van der Waals surface area contributed by atoms with E-state index in [1.165, 1.54) is 89.9 Å². The predicted octanol–water partition coefficient (Wildman–Crippen LogP) is 21.4. The topological polar surface area (TPSA) is 78.9 Å². The third kappa shape index (κ3) is 60.4. The zero-order valence-corrected chi connectivity index (χ0v) is 49.2. The summed E-state index contributed by atoms with van der Waals surface area (Å²) < 4.78 is 16.8. The van der Waals surface area contributed by atoms with Gasteiger partial charge in [-0.05, 0) is 135 Å². The van der Waals surface area contributed by atoms with Crippen LogP contribution in [0.4, 0.5) is 0 Å². The summed E-state index contributed by atoms with van der Waals surface area (Å²) in [4.78, 5) is 38.2. The number of allylic oxidation sites excluding steroid dienone is 22. The molecular formula is C70H114O6. The van der Waals surface area contributed by atoms with Crippen LogP contribution in [0.3, 0.4) is 0 Å². The molecule has 0 amide bonds. The second-order valence-corrected chi connectivity index (χ2v) is 20.2. The van der Waals surface area contributed by atoms with Gasteiger partial charge in [0.15, 0.2) is 6.10 Å². The van der Waals surface area contributed by atoms with Gasteiger partial charge in [0, 0.05) is 19.3 Å². The summed E-state index contributed by atoms with van der Waals surface area (Å²) in [7, 11) is 0. The van der Waals surface area contributed by atoms with E-state index in [-0.39, 0.29) is 31.1 Å². The molecule has 0 fully saturated rings. The molecule has 76 heavy (non-hydrogen) atoms. The molecule has 1 unspecified atom stereocenters. The Kier molecular flexibility index (Phi) is 59.4. The highest BCUT2D eigenvalue weighted by molar-refractivity contribution is 5.71. The third-order valence-corrected chi connectivity index (χ3v) is 12.8. The van der Waals surface area contributed by atoms with Crippen LogP contribution in [0, 0.1) is 0 Å². The Morgan fingerprint density at radius 2 is 0.539 bits per heavy atom. The Morgan fingerprint density at radius 1 is 0.276 bits per heavy atom. The maximum absolute atomic E-state index is 12.9. The molecular weight excluding hydrogens is 937 g/mol. The molecule has 6 heteroatoms. The SMILES string of the molecule is CC/C=C\C/C=C\C/C=C\C/C=C\C/C=C\C/C=C\C/C=C\C/C=C\CCCCC(=O)OCC(COC(=O)CCCCCCC/C=C\C/C=C\CCC)OC(=O)CCCCCCCCC/C=C\CCCCCCCCC. The average Bonchev–Trinajstić information content (AvgIpc) is 3.42. The van der Waals surface area contributed by atoms with E-state index in [4.69, 9.17) is 14.2 Å². The molecule has 0 heterocycles. The van der Waals surface area contributed by atoms with Crippen molar-refractivity contribution >= 4 is 17.9 Å². The first-order valence-corrected chi connectivity index (χ1v) is 31.2. The molecule has 0 saturated carbocycles. The Morgan fingerprint density at radius 3 is 0.895 bits per heavy atom. The average molecular weight is 1050 g/mol. The quantitative estimate of drug-likeness (QED) is 0.0261. The van der Waals surface area contributed by atoms with Crippen LogP contribution in [-0.2, 0) is 28.6 Å². The van der Waals surface area contributed by atoms with Gasteiger partial charge in [-0.25, -0.2) is 0 Å². The predicted molar refractivity (Wildman–Crippen MR) is 329 cm³/mol. The highest BCUT2D eigenvalue weighted by atomic mass is 16.6. The summed E-state index contributed by atoms with van der Waals surface area (Å²) in [6.07, 6.45) is 88.8. The summed E-state index contributed by atoms with van der Waals surface area (Å²) in [5.41, 5.74) is 0. The summed E-state index contributed by atoms with van der Waals surface area (Å²) in [5.74, 6) is -0.967. The number of rotatable bonds is 55. The van der Waals surface area contributed by atoms with E-state index in [1.54, 1.807) is 0 Å². The van der Waals surface area contributed by atoms with Crippen molar-refractivity contribution in [1.82, 2.24) is 0 Å². The number of hydrogen-bond donors (Lipinski definition) is 0. The first-order valence-electron chi connectivity index (χ1n) is 31.2. The Balaban J connectivity index is 4.45. The van der Waals surface area contributed by atoms with E-state index in [1.807, 2.05) is 0 Å². The van der Waals surface area contributed by atoms with Crippen molar-refractivity contribution < 1.29 is 28.6 Å². The first-order chi connectivity index (χ1) is 37.5. The van der Waals surface area contributed by atoms with Crippen LogP contribution in [0.2, 0.25) is 0 Å². The van der Waals surface area contributed by atoms with E-state index in [0.29, 0.717) is 25.7 Å². The summed E-state index contributed by atoms with van der Waals surface area (Å²) in [5, 5.41) is 0. The van der Waals surface area contributed by atoms with Crippen LogP contribution in [0.25, 0.3) is 0 Å². The molecule has 0 saturated heterocycles. The molecule has 1 atom stereocenters. The highest BCUT2D eigenvalue weighted by Crippen LogP contribution is 2.14. The zero-order valence-electron chi connectivity index (χ0n) is 49.2. The summed E-state index contributed by atoms with van der Waals surface area (Å²) >= 11 is 0. The minimum atomic E-state index is -0.810. The molecule has 0 aliphatic heterocycles. The largest absolute Gasteiger partial charge is 0.462 e. The molecule has 0 spiro atoms. The molecule has 0 bridgehead atoms. The minimum Gasteiger partial charge on any atom is -0.462 e. The smallest absolute Gasteiger partial charge is 0.306 e. The number of carbonyl (C=O) groups excluding carboxylic acids is 3. The molecule has 0 aromatic rings. The molecule has 0 aromatic heterocycles. The summed E-state index contributed by atoms with van der Waals surface area (Å²) in [6.45, 7) is 6.41. The fourth-order valence-corrected chi connectivity index (χ4v) is 8.20. The maximum Gasteiger partial charge on any atom is 0.306 e. The molecule has 6 nitrogen and oxygen atoms in total. The Bertz CT molecular complexity index is 1630. The fourth-order valence-electron chi connectivity index (χ4n) is 8.20. The van der Waals surface area contributed by atoms with Crippen molar-refractivity contribution in [3.05, 3.63) is 134 Å². The standard InChI is InChI=1S/C70H114O6/c1-4-7-10-13-16-19-22-25-27-29-31-32-33-34-35-36-37-38-39-41-42-45-48-51-54-57-60-63-69(72)75-66-67(65-74-68(71)62-59-56-53-50-47-44-24-21-18-15-12-9-6-3)76-70(73)64-61-58-55-52-49-46-43-40-30-28-26-23-20-17-14-11-8-5-2/h7,10,12,15-16,19,21,24-25,27-28,30-32,34-35,37-38,41-42,48,51,67H,4-6,8-9,11,13-14,17-18,20,22-23,26,29,33,36,39-40,43-47,49-50,52-66H2,1-3H3/b10-7-,15-12-,19-16-,24-21-,27-25-,30-28-,32-31-,35-34-,38-37-,42-41-,51-48-. The van der Waals surface area contributed by atoms with Crippen molar-refractivity contribution in [1.29, 1.82) is 0 Å². The van der Waals surface area contributed by atoms with Crippen LogP contribution in [0.15, 0.2) is 134 Å². The first kappa shape index (κ1) is 71.5. The van der Waals surface area contributed by atoms with Gasteiger partial charge in [-0.2, -0.15) is 0 Å². The van der Waals surface area contributed by atoms with E-state index in [2.05, 4.69) is 154 Å². The molecule has 0 aromatic carbocycles.